The molecule has 0 unspecified atom stereocenters. The Kier molecular flexibility index (Phi) is 5.92. The van der Waals surface area contributed by atoms with E-state index in [0.29, 0.717) is 16.6 Å². The third kappa shape index (κ3) is 3.90. The molecule has 2 aromatic heterocycles. The number of aromatic nitrogens is 3. The third-order valence-electron chi connectivity index (χ3n) is 5.93. The molecular formula is C21H32N4OSi. The van der Waals surface area contributed by atoms with E-state index in [9.17, 15) is 0 Å². The first-order valence-corrected chi connectivity index (χ1v) is 12.3. The molecule has 3 heterocycles. The fourth-order valence-corrected chi connectivity index (χ4v) is 9.71. The van der Waals surface area contributed by atoms with E-state index in [1.165, 1.54) is 0 Å². The lowest BCUT2D eigenvalue weighted by atomic mass is 10.3. The van der Waals surface area contributed by atoms with Crippen LogP contribution in [0.1, 0.15) is 47.4 Å². The van der Waals surface area contributed by atoms with E-state index in [1.54, 1.807) is 0 Å². The van der Waals surface area contributed by atoms with Crippen LogP contribution in [0.4, 0.5) is 5.82 Å². The number of morpholine rings is 1. The van der Waals surface area contributed by atoms with Crippen molar-refractivity contribution in [2.24, 2.45) is 0 Å². The van der Waals surface area contributed by atoms with Crippen molar-refractivity contribution in [1.29, 1.82) is 0 Å². The van der Waals surface area contributed by atoms with Gasteiger partial charge in [-0.2, -0.15) is 0 Å². The lowest BCUT2D eigenvalue weighted by molar-refractivity contribution is 0.122. The Labute approximate surface area is 163 Å². The topological polar surface area (TPSA) is 54.0 Å². The van der Waals surface area contributed by atoms with Gasteiger partial charge in [0, 0.05) is 13.1 Å². The molecule has 2 aromatic rings. The summed E-state index contributed by atoms with van der Waals surface area (Å²) in [6.07, 6.45) is 0. The summed E-state index contributed by atoms with van der Waals surface area (Å²) < 4.78 is 5.43. The number of imidazole rings is 1. The number of hydrogen-bond donors (Lipinski definition) is 1. The number of fused-ring (bicyclic) bond motifs is 1. The molecule has 1 N–H and O–H groups in total. The maximum Gasteiger partial charge on any atom is 0.184 e. The highest BCUT2D eigenvalue weighted by Gasteiger charge is 2.41. The largest absolute Gasteiger partial charge is 0.378 e. The molecule has 1 aliphatic rings. The molecule has 0 aromatic carbocycles. The predicted molar refractivity (Wildman–Crippen MR) is 115 cm³/mol. The average Bonchev–Trinajstić information content (AvgIpc) is 3.04. The van der Waals surface area contributed by atoms with Crippen LogP contribution in [-0.4, -0.2) is 49.3 Å². The lowest BCUT2D eigenvalue weighted by Gasteiger charge is -2.37. The summed E-state index contributed by atoms with van der Waals surface area (Å²) in [7, 11) is -1.76. The Hall–Kier alpha value is -1.84. The summed E-state index contributed by atoms with van der Waals surface area (Å²) in [6, 6.07) is 4.11. The van der Waals surface area contributed by atoms with Gasteiger partial charge in [0.2, 0.25) is 0 Å². The summed E-state index contributed by atoms with van der Waals surface area (Å²) in [5, 5.41) is 0. The molecule has 3 rings (SSSR count). The van der Waals surface area contributed by atoms with Gasteiger partial charge in [0.25, 0.3) is 0 Å². The van der Waals surface area contributed by atoms with Gasteiger partial charge in [-0.15, -0.1) is 5.54 Å². The zero-order chi connectivity index (χ0) is 19.6. The summed E-state index contributed by atoms with van der Waals surface area (Å²) in [4.78, 5) is 15.0. The molecule has 0 bridgehead atoms. The number of H-pyrrole nitrogens is 1. The molecular weight excluding hydrogens is 352 g/mol. The van der Waals surface area contributed by atoms with Crippen LogP contribution in [0.3, 0.4) is 0 Å². The molecule has 0 amide bonds. The molecule has 1 fully saturated rings. The van der Waals surface area contributed by atoms with E-state index in [-0.39, 0.29) is 0 Å². The molecule has 1 aliphatic heterocycles. The van der Waals surface area contributed by atoms with E-state index >= 15 is 0 Å². The Morgan fingerprint density at radius 3 is 2.22 bits per heavy atom. The maximum atomic E-state index is 5.43. The van der Waals surface area contributed by atoms with Crippen molar-refractivity contribution < 1.29 is 4.74 Å². The number of pyridine rings is 1. The van der Waals surface area contributed by atoms with E-state index in [0.717, 1.165) is 49.1 Å². The first-order chi connectivity index (χ1) is 12.8. The van der Waals surface area contributed by atoms with Gasteiger partial charge in [-0.25, -0.2) is 9.97 Å². The van der Waals surface area contributed by atoms with Crippen LogP contribution in [-0.2, 0) is 4.74 Å². The highest BCUT2D eigenvalue weighted by molar-refractivity contribution is 6.90. The van der Waals surface area contributed by atoms with Crippen LogP contribution >= 0.6 is 0 Å². The van der Waals surface area contributed by atoms with Gasteiger partial charge in [-0.1, -0.05) is 41.5 Å². The van der Waals surface area contributed by atoms with E-state index in [1.807, 2.05) is 0 Å². The van der Waals surface area contributed by atoms with Crippen molar-refractivity contribution in [2.45, 2.75) is 58.2 Å². The molecule has 0 radical (unpaired) electrons. The van der Waals surface area contributed by atoms with Crippen molar-refractivity contribution in [3.63, 3.8) is 0 Å². The van der Waals surface area contributed by atoms with Crippen molar-refractivity contribution in [1.82, 2.24) is 15.0 Å². The lowest BCUT2D eigenvalue weighted by Crippen LogP contribution is -2.43. The van der Waals surface area contributed by atoms with Crippen molar-refractivity contribution in [3.8, 4) is 11.5 Å². The monoisotopic (exact) mass is 384 g/mol. The zero-order valence-electron chi connectivity index (χ0n) is 17.5. The molecule has 0 aliphatic carbocycles. The standard InChI is InChI=1S/C21H32N4OSi/c1-15(2)27(16(3)4,17(5)6)14-9-19-22-18-7-8-20(24-21(18)23-19)25-10-12-26-13-11-25/h7-8,15-17H,10-13H2,1-6H3,(H,22,23,24). The first kappa shape index (κ1) is 19.9. The molecule has 27 heavy (non-hydrogen) atoms. The fraction of sp³-hybridized carbons (Fsp3) is 0.619. The van der Waals surface area contributed by atoms with Gasteiger partial charge < -0.3 is 14.6 Å². The third-order valence-corrected chi connectivity index (χ3v) is 12.2. The zero-order valence-corrected chi connectivity index (χ0v) is 18.5. The van der Waals surface area contributed by atoms with Crippen LogP contribution in [0.2, 0.25) is 16.6 Å². The SMILES string of the molecule is CC(C)[Si](C#Cc1nc2nc(N3CCOCC3)ccc2[nH]1)(C(C)C)C(C)C. The minimum atomic E-state index is -1.76. The van der Waals surface area contributed by atoms with E-state index in [4.69, 9.17) is 9.72 Å². The molecule has 0 saturated carbocycles. The fourth-order valence-electron chi connectivity index (χ4n) is 4.51. The van der Waals surface area contributed by atoms with Gasteiger partial charge in [0.15, 0.2) is 11.5 Å². The minimum absolute atomic E-state index is 0.612. The molecule has 0 spiro atoms. The normalized spacial score (nSPS) is 15.7. The molecule has 1 saturated heterocycles. The molecule has 146 valence electrons. The second-order valence-electron chi connectivity index (χ2n) is 8.37. The van der Waals surface area contributed by atoms with Crippen molar-refractivity contribution >= 4 is 25.1 Å². The second-order valence-corrected chi connectivity index (χ2v) is 14.0. The Balaban J connectivity index is 1.93. The minimum Gasteiger partial charge on any atom is -0.378 e. The van der Waals surface area contributed by atoms with Crippen LogP contribution in [0, 0.1) is 11.5 Å². The van der Waals surface area contributed by atoms with Gasteiger partial charge in [-0.05, 0) is 34.7 Å². The van der Waals surface area contributed by atoms with Crippen LogP contribution < -0.4 is 4.90 Å². The smallest absolute Gasteiger partial charge is 0.184 e. The second kappa shape index (κ2) is 8.03. The Morgan fingerprint density at radius 2 is 1.63 bits per heavy atom. The van der Waals surface area contributed by atoms with Crippen LogP contribution in [0.5, 0.6) is 0 Å². The average molecular weight is 385 g/mol. The maximum absolute atomic E-state index is 5.43. The number of anilines is 1. The number of nitrogens with zero attached hydrogens (tertiary/aromatic N) is 3. The Bertz CT molecular complexity index is 819. The summed E-state index contributed by atoms with van der Waals surface area (Å²) in [5.74, 6) is 5.09. The quantitative estimate of drug-likeness (QED) is 0.628. The van der Waals surface area contributed by atoms with E-state index < -0.39 is 8.07 Å². The highest BCUT2D eigenvalue weighted by Crippen LogP contribution is 2.40. The van der Waals surface area contributed by atoms with Crippen LogP contribution in [0.25, 0.3) is 11.2 Å². The highest BCUT2D eigenvalue weighted by atomic mass is 28.3. The first-order valence-electron chi connectivity index (χ1n) is 10.1. The predicted octanol–water partition coefficient (Wildman–Crippen LogP) is 4.36. The van der Waals surface area contributed by atoms with Gasteiger partial charge in [0.1, 0.15) is 13.9 Å². The van der Waals surface area contributed by atoms with Crippen molar-refractivity contribution in [2.75, 3.05) is 31.2 Å². The Morgan fingerprint density at radius 1 is 1.00 bits per heavy atom. The summed E-state index contributed by atoms with van der Waals surface area (Å²) in [5.41, 5.74) is 7.25. The molecule has 6 heteroatoms. The van der Waals surface area contributed by atoms with E-state index in [2.05, 4.69) is 80.0 Å². The molecule has 0 atom stereocenters. The van der Waals surface area contributed by atoms with Gasteiger partial charge >= 0.3 is 0 Å². The van der Waals surface area contributed by atoms with Gasteiger partial charge in [-0.3, -0.25) is 0 Å². The van der Waals surface area contributed by atoms with Crippen LogP contribution in [0.15, 0.2) is 12.1 Å². The van der Waals surface area contributed by atoms with Crippen molar-refractivity contribution in [3.05, 3.63) is 18.0 Å². The summed E-state index contributed by atoms with van der Waals surface area (Å²) in [6.45, 7) is 17.2. The summed E-state index contributed by atoms with van der Waals surface area (Å²) >= 11 is 0. The molecule has 5 nitrogen and oxygen atoms in total. The number of ether oxygens (including phenoxy) is 1. The number of nitrogens with one attached hydrogen (secondary N) is 1. The van der Waals surface area contributed by atoms with Gasteiger partial charge in [0.05, 0.1) is 18.7 Å². The number of rotatable bonds is 4. The number of aromatic amines is 1. The number of hydrogen-bond acceptors (Lipinski definition) is 4.